The van der Waals surface area contributed by atoms with Gasteiger partial charge in [-0.15, -0.1) is 0 Å². The average molecular weight is 511 g/mol. The number of hydrogen-bond acceptors (Lipinski definition) is 6. The predicted octanol–water partition coefficient (Wildman–Crippen LogP) is 5.79. The number of aliphatic imine (C=N–C) groups is 1. The van der Waals surface area contributed by atoms with E-state index in [-0.39, 0.29) is 18.0 Å². The first-order chi connectivity index (χ1) is 16.0. The second kappa shape index (κ2) is 10.3. The number of ether oxygens (including phenoxy) is 3. The number of phenolic OH excluding ortho intramolecular Hbond substituents is 1. The smallest absolute Gasteiger partial charge is 0.162 e. The fraction of sp³-hybridized carbons (Fsp3) is 0.269. The van der Waals surface area contributed by atoms with E-state index >= 15 is 0 Å². The van der Waals surface area contributed by atoms with Crippen LogP contribution in [0.2, 0.25) is 0 Å². The van der Waals surface area contributed by atoms with Gasteiger partial charge in [-0.2, -0.15) is 0 Å². The molecule has 0 radical (unpaired) electrons. The van der Waals surface area contributed by atoms with E-state index in [2.05, 4.69) is 21.2 Å². The van der Waals surface area contributed by atoms with Crippen LogP contribution in [-0.4, -0.2) is 31.6 Å². The molecule has 7 heteroatoms. The number of aromatic hydroxyl groups is 1. The highest BCUT2D eigenvalue weighted by Gasteiger charge is 2.29. The number of methoxy groups -OCH3 is 2. The molecule has 3 aromatic carbocycles. The number of hydrogen-bond donors (Lipinski definition) is 2. The van der Waals surface area contributed by atoms with Crippen LogP contribution in [0.5, 0.6) is 23.0 Å². The van der Waals surface area contributed by atoms with Crippen molar-refractivity contribution in [3.63, 3.8) is 0 Å². The second-order valence-electron chi connectivity index (χ2n) is 7.65. The number of nitrogens with one attached hydrogen (secondary N) is 1. The third kappa shape index (κ3) is 4.99. The summed E-state index contributed by atoms with van der Waals surface area (Å²) in [6, 6.07) is 19.3. The summed E-state index contributed by atoms with van der Waals surface area (Å²) >= 11 is 3.50. The highest BCUT2D eigenvalue weighted by molar-refractivity contribution is 9.10. The molecule has 6 nitrogen and oxygen atoms in total. The highest BCUT2D eigenvalue weighted by atomic mass is 79.9. The highest BCUT2D eigenvalue weighted by Crippen LogP contribution is 2.40. The van der Waals surface area contributed by atoms with Crippen LogP contribution in [0.1, 0.15) is 42.2 Å². The number of benzene rings is 3. The average Bonchev–Trinajstić information content (AvgIpc) is 2.85. The van der Waals surface area contributed by atoms with Gasteiger partial charge in [0, 0.05) is 28.2 Å². The number of para-hydroxylation sites is 1. The van der Waals surface area contributed by atoms with Crippen LogP contribution in [0.3, 0.4) is 0 Å². The van der Waals surface area contributed by atoms with Crippen LogP contribution in [0.15, 0.2) is 70.1 Å². The Hall–Kier alpha value is -3.03. The summed E-state index contributed by atoms with van der Waals surface area (Å²) < 4.78 is 17.5. The van der Waals surface area contributed by atoms with Gasteiger partial charge in [0.15, 0.2) is 23.0 Å². The summed E-state index contributed by atoms with van der Waals surface area (Å²) in [5, 5.41) is 14.5. The maximum atomic E-state index is 10.9. The monoisotopic (exact) mass is 510 g/mol. The van der Waals surface area contributed by atoms with Crippen LogP contribution < -0.4 is 19.5 Å². The van der Waals surface area contributed by atoms with Gasteiger partial charge in [0.05, 0.1) is 20.8 Å². The standard InChI is InChI=1S/C26H27BrN2O4/c1-4-33-23-7-5-6-19(25(23)30)21-15-20(16-8-11-18(27)12-9-16)28-26(29-21)17-10-13-22(31-2)24(14-17)32-3/h5-14,21,26,29-30H,4,15H2,1-3H3/t21-,26-/m1/s1. The largest absolute Gasteiger partial charge is 0.504 e. The van der Waals surface area contributed by atoms with Gasteiger partial charge in [-0.1, -0.05) is 46.3 Å². The zero-order valence-electron chi connectivity index (χ0n) is 18.8. The van der Waals surface area contributed by atoms with Crippen molar-refractivity contribution in [2.75, 3.05) is 20.8 Å². The van der Waals surface area contributed by atoms with Gasteiger partial charge < -0.3 is 19.3 Å². The zero-order chi connectivity index (χ0) is 23.4. The summed E-state index contributed by atoms with van der Waals surface area (Å²) in [6.45, 7) is 2.38. The summed E-state index contributed by atoms with van der Waals surface area (Å²) in [7, 11) is 3.23. The van der Waals surface area contributed by atoms with E-state index in [1.807, 2.05) is 61.5 Å². The number of halogens is 1. The predicted molar refractivity (Wildman–Crippen MR) is 133 cm³/mol. The molecular formula is C26H27BrN2O4. The summed E-state index contributed by atoms with van der Waals surface area (Å²) in [6.07, 6.45) is 0.284. The Kier molecular flexibility index (Phi) is 7.20. The third-order valence-electron chi connectivity index (χ3n) is 5.65. The minimum absolute atomic E-state index is 0.153. The van der Waals surface area contributed by atoms with Crippen LogP contribution in [0.25, 0.3) is 0 Å². The summed E-state index contributed by atoms with van der Waals surface area (Å²) in [4.78, 5) is 5.03. The molecule has 1 aliphatic heterocycles. The first-order valence-electron chi connectivity index (χ1n) is 10.8. The minimum atomic E-state index is -0.336. The van der Waals surface area contributed by atoms with Crippen molar-refractivity contribution < 1.29 is 19.3 Å². The maximum absolute atomic E-state index is 10.9. The van der Waals surface area contributed by atoms with Crippen molar-refractivity contribution in [1.29, 1.82) is 0 Å². The van der Waals surface area contributed by atoms with Crippen LogP contribution >= 0.6 is 15.9 Å². The first kappa shape index (κ1) is 23.1. The van der Waals surface area contributed by atoms with E-state index in [0.717, 1.165) is 26.9 Å². The maximum Gasteiger partial charge on any atom is 0.162 e. The second-order valence-corrected chi connectivity index (χ2v) is 8.57. The van der Waals surface area contributed by atoms with Crippen LogP contribution in [-0.2, 0) is 0 Å². The van der Waals surface area contributed by atoms with Crippen LogP contribution in [0, 0.1) is 0 Å². The van der Waals surface area contributed by atoms with E-state index < -0.39 is 0 Å². The normalized spacial score (nSPS) is 17.9. The fourth-order valence-corrected chi connectivity index (χ4v) is 4.27. The van der Waals surface area contributed by atoms with Gasteiger partial charge in [0.2, 0.25) is 0 Å². The molecule has 4 rings (SSSR count). The molecule has 0 saturated carbocycles. The molecule has 0 aromatic heterocycles. The van der Waals surface area contributed by atoms with E-state index in [4.69, 9.17) is 19.2 Å². The number of rotatable bonds is 7. The first-order valence-corrected chi connectivity index (χ1v) is 11.6. The van der Waals surface area contributed by atoms with Crippen molar-refractivity contribution in [2.24, 2.45) is 4.99 Å². The zero-order valence-corrected chi connectivity index (χ0v) is 20.4. The van der Waals surface area contributed by atoms with Gasteiger partial charge in [-0.3, -0.25) is 10.3 Å². The minimum Gasteiger partial charge on any atom is -0.504 e. The fourth-order valence-electron chi connectivity index (χ4n) is 4.01. The molecule has 3 aromatic rings. The van der Waals surface area contributed by atoms with Crippen molar-refractivity contribution in [3.05, 3.63) is 81.8 Å². The molecule has 2 atom stereocenters. The molecule has 0 amide bonds. The van der Waals surface area contributed by atoms with Crippen molar-refractivity contribution in [1.82, 2.24) is 5.32 Å². The SMILES string of the molecule is CCOc1cccc([C@H]2CC(c3ccc(Br)cc3)=N[C@@H](c3ccc(OC)c(OC)c3)N2)c1O. The van der Waals surface area contributed by atoms with Gasteiger partial charge in [0.1, 0.15) is 6.17 Å². The summed E-state index contributed by atoms with van der Waals surface area (Å²) in [5.41, 5.74) is 3.70. The molecular weight excluding hydrogens is 484 g/mol. The molecule has 0 aliphatic carbocycles. The van der Waals surface area contributed by atoms with E-state index in [0.29, 0.717) is 30.3 Å². The Labute approximate surface area is 202 Å². The lowest BCUT2D eigenvalue weighted by atomic mass is 9.93. The molecule has 0 bridgehead atoms. The molecule has 0 spiro atoms. The van der Waals surface area contributed by atoms with Gasteiger partial charge in [-0.25, -0.2) is 0 Å². The topological polar surface area (TPSA) is 72.3 Å². The van der Waals surface area contributed by atoms with E-state index in [9.17, 15) is 5.11 Å². The molecule has 1 heterocycles. The molecule has 0 fully saturated rings. The molecule has 2 N–H and O–H groups in total. The molecule has 0 unspecified atom stereocenters. The molecule has 33 heavy (non-hydrogen) atoms. The lowest BCUT2D eigenvalue weighted by molar-refractivity contribution is 0.313. The van der Waals surface area contributed by atoms with E-state index in [1.54, 1.807) is 20.3 Å². The molecule has 172 valence electrons. The van der Waals surface area contributed by atoms with Crippen molar-refractivity contribution in [3.8, 4) is 23.0 Å². The van der Waals surface area contributed by atoms with Crippen LogP contribution in [0.4, 0.5) is 0 Å². The Morgan fingerprint density at radius 3 is 2.45 bits per heavy atom. The lowest BCUT2D eigenvalue weighted by Crippen LogP contribution is -2.33. The lowest BCUT2D eigenvalue weighted by Gasteiger charge is -2.31. The van der Waals surface area contributed by atoms with Crippen molar-refractivity contribution in [2.45, 2.75) is 25.6 Å². The Bertz CT molecular complexity index is 1150. The van der Waals surface area contributed by atoms with Gasteiger partial charge >= 0.3 is 0 Å². The number of phenols is 1. The Morgan fingerprint density at radius 1 is 1.00 bits per heavy atom. The van der Waals surface area contributed by atoms with E-state index in [1.165, 1.54) is 0 Å². The van der Waals surface area contributed by atoms with Crippen molar-refractivity contribution >= 4 is 21.6 Å². The quantitative estimate of drug-likeness (QED) is 0.420. The number of nitrogens with zero attached hydrogens (tertiary/aromatic N) is 1. The van der Waals surface area contributed by atoms with Gasteiger partial charge in [-0.05, 0) is 48.4 Å². The Morgan fingerprint density at radius 2 is 1.76 bits per heavy atom. The summed E-state index contributed by atoms with van der Waals surface area (Å²) in [5.74, 6) is 1.93. The molecule has 0 saturated heterocycles. The Balaban J connectivity index is 1.77. The molecule has 1 aliphatic rings. The van der Waals surface area contributed by atoms with Gasteiger partial charge in [0.25, 0.3) is 0 Å². The third-order valence-corrected chi connectivity index (χ3v) is 6.18.